The Morgan fingerprint density at radius 3 is 2.89 bits per heavy atom. The molecule has 0 spiro atoms. The van der Waals surface area contributed by atoms with Gasteiger partial charge in [0, 0.05) is 47.3 Å². The monoisotopic (exact) mass is 267 g/mol. The van der Waals surface area contributed by atoms with Crippen LogP contribution in [0.25, 0.3) is 0 Å². The molecular formula is C13H25N5O. The molecule has 19 heavy (non-hydrogen) atoms. The second-order valence-corrected chi connectivity index (χ2v) is 5.39. The van der Waals surface area contributed by atoms with Crippen LogP contribution in [0.1, 0.15) is 5.69 Å². The minimum Gasteiger partial charge on any atom is -0.374 e. The maximum atomic E-state index is 5.73. The van der Waals surface area contributed by atoms with E-state index in [0.29, 0.717) is 6.10 Å². The number of rotatable bonds is 5. The number of anilines is 1. The molecule has 0 bridgehead atoms. The summed E-state index contributed by atoms with van der Waals surface area (Å²) in [6.45, 7) is 4.57. The average molecular weight is 267 g/mol. The van der Waals surface area contributed by atoms with Gasteiger partial charge >= 0.3 is 0 Å². The Bertz CT molecular complexity index is 404. The number of likely N-dealkylation sites (N-methyl/N-ethyl adjacent to an activating group) is 1. The molecule has 6 heteroatoms. The Balaban J connectivity index is 1.79. The number of morpholine rings is 1. The predicted molar refractivity (Wildman–Crippen MR) is 76.5 cm³/mol. The molecular weight excluding hydrogens is 242 g/mol. The van der Waals surface area contributed by atoms with E-state index in [4.69, 9.17) is 4.74 Å². The van der Waals surface area contributed by atoms with Crippen LogP contribution in [0, 0.1) is 0 Å². The van der Waals surface area contributed by atoms with E-state index in [1.807, 2.05) is 32.2 Å². The van der Waals surface area contributed by atoms with Gasteiger partial charge in [-0.25, -0.2) is 4.98 Å². The first-order valence-electron chi connectivity index (χ1n) is 6.76. The van der Waals surface area contributed by atoms with Crippen molar-refractivity contribution in [2.45, 2.75) is 12.6 Å². The van der Waals surface area contributed by atoms with Gasteiger partial charge in [0.1, 0.15) is 0 Å². The van der Waals surface area contributed by atoms with E-state index in [1.54, 1.807) is 0 Å². The molecule has 1 aliphatic heterocycles. The Hall–Kier alpha value is -1.11. The fourth-order valence-corrected chi connectivity index (χ4v) is 2.37. The molecule has 108 valence electrons. The van der Waals surface area contributed by atoms with Crippen LogP contribution in [0.3, 0.4) is 0 Å². The molecule has 0 radical (unpaired) electrons. The van der Waals surface area contributed by atoms with Crippen molar-refractivity contribution in [3.8, 4) is 0 Å². The third-order valence-corrected chi connectivity index (χ3v) is 3.48. The van der Waals surface area contributed by atoms with Crippen LogP contribution in [0.15, 0.2) is 6.20 Å². The highest BCUT2D eigenvalue weighted by Gasteiger charge is 2.17. The van der Waals surface area contributed by atoms with E-state index in [1.165, 1.54) is 5.69 Å². The van der Waals surface area contributed by atoms with E-state index in [-0.39, 0.29) is 0 Å². The summed E-state index contributed by atoms with van der Waals surface area (Å²) in [5, 5.41) is 3.45. The summed E-state index contributed by atoms with van der Waals surface area (Å²) in [4.78, 5) is 8.73. The lowest BCUT2D eigenvalue weighted by molar-refractivity contribution is -0.0182. The van der Waals surface area contributed by atoms with Gasteiger partial charge in [-0.2, -0.15) is 0 Å². The molecule has 1 fully saturated rings. The Kier molecular flexibility index (Phi) is 4.79. The van der Waals surface area contributed by atoms with Crippen LogP contribution in [0.2, 0.25) is 0 Å². The molecule has 0 amide bonds. The maximum absolute atomic E-state index is 5.73. The minimum absolute atomic E-state index is 0.292. The topological polar surface area (TPSA) is 45.6 Å². The van der Waals surface area contributed by atoms with Crippen molar-refractivity contribution >= 4 is 5.95 Å². The number of ether oxygens (including phenoxy) is 1. The molecule has 1 unspecified atom stereocenters. The van der Waals surface area contributed by atoms with E-state index in [9.17, 15) is 0 Å². The Labute approximate surface area is 115 Å². The van der Waals surface area contributed by atoms with Crippen molar-refractivity contribution < 1.29 is 4.74 Å². The second kappa shape index (κ2) is 6.36. The molecule has 6 nitrogen and oxygen atoms in total. The van der Waals surface area contributed by atoms with Crippen LogP contribution in [0.5, 0.6) is 0 Å². The van der Waals surface area contributed by atoms with Crippen LogP contribution in [-0.2, 0) is 18.3 Å². The molecule has 1 aromatic rings. The van der Waals surface area contributed by atoms with Gasteiger partial charge in [0.15, 0.2) is 0 Å². The first kappa shape index (κ1) is 14.3. The zero-order valence-corrected chi connectivity index (χ0v) is 12.4. The van der Waals surface area contributed by atoms with Crippen LogP contribution in [0.4, 0.5) is 5.95 Å². The number of hydrogen-bond acceptors (Lipinski definition) is 5. The van der Waals surface area contributed by atoms with E-state index < -0.39 is 0 Å². The molecule has 0 aromatic carbocycles. The number of aromatic nitrogens is 2. The molecule has 1 N–H and O–H groups in total. The highest BCUT2D eigenvalue weighted by molar-refractivity contribution is 5.30. The molecule has 1 atom stereocenters. The van der Waals surface area contributed by atoms with Crippen LogP contribution >= 0.6 is 0 Å². The molecule has 1 aliphatic rings. The lowest BCUT2D eigenvalue weighted by Gasteiger charge is -2.30. The molecule has 1 saturated heterocycles. The smallest absolute Gasteiger partial charge is 0.204 e. The standard InChI is InChI=1S/C13H25N5O/c1-16(2)13-15-8-11(18(13)4)7-14-9-12-10-17(3)5-6-19-12/h8,12,14H,5-7,9-10H2,1-4H3. The van der Waals surface area contributed by atoms with Gasteiger partial charge in [0.25, 0.3) is 0 Å². The number of nitrogens with zero attached hydrogens (tertiary/aromatic N) is 4. The predicted octanol–water partition coefficient (Wildman–Crippen LogP) is -0.0937. The fraction of sp³-hybridized carbons (Fsp3) is 0.769. The highest BCUT2D eigenvalue weighted by Crippen LogP contribution is 2.10. The fourth-order valence-electron chi connectivity index (χ4n) is 2.37. The quantitative estimate of drug-likeness (QED) is 0.807. The van der Waals surface area contributed by atoms with Gasteiger partial charge in [-0.15, -0.1) is 0 Å². The number of nitrogens with one attached hydrogen (secondary N) is 1. The number of hydrogen-bond donors (Lipinski definition) is 1. The van der Waals surface area contributed by atoms with Gasteiger partial charge in [-0.05, 0) is 7.05 Å². The molecule has 2 rings (SSSR count). The average Bonchev–Trinajstić information content (AvgIpc) is 2.71. The van der Waals surface area contributed by atoms with Gasteiger partial charge in [0.2, 0.25) is 5.95 Å². The maximum Gasteiger partial charge on any atom is 0.204 e. The number of imidazole rings is 1. The first-order chi connectivity index (χ1) is 9.08. The van der Waals surface area contributed by atoms with Crippen molar-refractivity contribution in [2.24, 2.45) is 7.05 Å². The summed E-state index contributed by atoms with van der Waals surface area (Å²) in [6.07, 6.45) is 2.22. The summed E-state index contributed by atoms with van der Waals surface area (Å²) in [6, 6.07) is 0. The van der Waals surface area contributed by atoms with Crippen LogP contribution in [-0.4, -0.2) is 67.9 Å². The SMILES string of the molecule is CN1CCOC(CNCc2cnc(N(C)C)n2C)C1. The van der Waals surface area contributed by atoms with Crippen molar-refractivity contribution in [1.29, 1.82) is 0 Å². The van der Waals surface area contributed by atoms with Gasteiger partial charge < -0.3 is 24.4 Å². The summed E-state index contributed by atoms with van der Waals surface area (Å²) in [5.74, 6) is 0.977. The second-order valence-electron chi connectivity index (χ2n) is 5.39. The summed E-state index contributed by atoms with van der Waals surface area (Å²) in [5.41, 5.74) is 1.19. The molecule has 0 aliphatic carbocycles. The third kappa shape index (κ3) is 3.68. The largest absolute Gasteiger partial charge is 0.374 e. The summed E-state index contributed by atoms with van der Waals surface area (Å²) >= 11 is 0. The Morgan fingerprint density at radius 2 is 2.26 bits per heavy atom. The van der Waals surface area contributed by atoms with E-state index in [0.717, 1.165) is 38.7 Å². The van der Waals surface area contributed by atoms with Crippen molar-refractivity contribution in [2.75, 3.05) is 52.3 Å². The highest BCUT2D eigenvalue weighted by atomic mass is 16.5. The molecule has 0 saturated carbocycles. The minimum atomic E-state index is 0.292. The van der Waals surface area contributed by atoms with Gasteiger partial charge in [0.05, 0.1) is 24.6 Å². The normalized spacial score (nSPS) is 20.7. The first-order valence-corrected chi connectivity index (χ1v) is 6.76. The Morgan fingerprint density at radius 1 is 1.47 bits per heavy atom. The molecule has 1 aromatic heterocycles. The van der Waals surface area contributed by atoms with Gasteiger partial charge in [-0.1, -0.05) is 0 Å². The summed E-state index contributed by atoms with van der Waals surface area (Å²) < 4.78 is 7.84. The lowest BCUT2D eigenvalue weighted by Crippen LogP contribution is -2.44. The zero-order valence-electron chi connectivity index (χ0n) is 12.4. The van der Waals surface area contributed by atoms with Crippen molar-refractivity contribution in [1.82, 2.24) is 19.8 Å². The van der Waals surface area contributed by atoms with E-state index >= 15 is 0 Å². The molecule has 2 heterocycles. The van der Waals surface area contributed by atoms with Gasteiger partial charge in [-0.3, -0.25) is 0 Å². The van der Waals surface area contributed by atoms with E-state index in [2.05, 4.69) is 26.8 Å². The lowest BCUT2D eigenvalue weighted by atomic mass is 10.3. The zero-order chi connectivity index (χ0) is 13.8. The third-order valence-electron chi connectivity index (χ3n) is 3.48. The van der Waals surface area contributed by atoms with Crippen molar-refractivity contribution in [3.63, 3.8) is 0 Å². The summed E-state index contributed by atoms with van der Waals surface area (Å²) in [7, 11) is 8.20. The van der Waals surface area contributed by atoms with Crippen LogP contribution < -0.4 is 10.2 Å². The van der Waals surface area contributed by atoms with Crippen molar-refractivity contribution in [3.05, 3.63) is 11.9 Å².